The van der Waals surface area contributed by atoms with Crippen LogP contribution in [0.15, 0.2) is 0 Å². The summed E-state index contributed by atoms with van der Waals surface area (Å²) in [5.41, 5.74) is 0. The van der Waals surface area contributed by atoms with E-state index in [0.717, 1.165) is 6.42 Å². The second-order valence-corrected chi connectivity index (χ2v) is 4.04. The van der Waals surface area contributed by atoms with Gasteiger partial charge in [-0.2, -0.15) is 0 Å². The maximum Gasteiger partial charge on any atom is 0.0565 e. The van der Waals surface area contributed by atoms with Gasteiger partial charge in [0.1, 0.15) is 0 Å². The van der Waals surface area contributed by atoms with E-state index < -0.39 is 0 Å². The predicted molar refractivity (Wildman–Crippen MR) is 53.4 cm³/mol. The van der Waals surface area contributed by atoms with Crippen molar-refractivity contribution >= 4 is 0 Å². The second kappa shape index (κ2) is 5.55. The highest BCUT2D eigenvalue weighted by molar-refractivity contribution is 4.64. The zero-order valence-corrected chi connectivity index (χ0v) is 9.29. The molecule has 0 aromatic rings. The lowest BCUT2D eigenvalue weighted by molar-refractivity contribution is 0.00364. The summed E-state index contributed by atoms with van der Waals surface area (Å²) in [5, 5.41) is 0. The van der Waals surface area contributed by atoms with Gasteiger partial charge in [-0.05, 0) is 48.2 Å². The van der Waals surface area contributed by atoms with Crippen LogP contribution in [-0.2, 0) is 4.74 Å². The van der Waals surface area contributed by atoms with Gasteiger partial charge in [0, 0.05) is 6.04 Å². The molecule has 2 atom stereocenters. The quantitative estimate of drug-likeness (QED) is 0.631. The van der Waals surface area contributed by atoms with Gasteiger partial charge in [0.15, 0.2) is 0 Å². The summed E-state index contributed by atoms with van der Waals surface area (Å²) >= 11 is 0. The normalized spacial score (nSPS) is 17.0. The fourth-order valence-electron chi connectivity index (χ4n) is 1.21. The molecule has 0 aliphatic heterocycles. The molecule has 0 aliphatic rings. The van der Waals surface area contributed by atoms with Crippen LogP contribution in [0, 0.1) is 0 Å². The molecule has 0 aromatic carbocycles. The highest BCUT2D eigenvalue weighted by Gasteiger charge is 2.11. The van der Waals surface area contributed by atoms with E-state index >= 15 is 0 Å². The van der Waals surface area contributed by atoms with Gasteiger partial charge >= 0.3 is 0 Å². The van der Waals surface area contributed by atoms with Gasteiger partial charge in [-0.25, -0.2) is 0 Å². The molecule has 0 heterocycles. The van der Waals surface area contributed by atoms with Crippen LogP contribution in [0.2, 0.25) is 0 Å². The minimum Gasteiger partial charge on any atom is -0.376 e. The Hall–Kier alpha value is -0.0800. The smallest absolute Gasteiger partial charge is 0.0565 e. The Morgan fingerprint density at radius 1 is 1.08 bits per heavy atom. The lowest BCUT2D eigenvalue weighted by Crippen LogP contribution is -2.29. The van der Waals surface area contributed by atoms with Crippen LogP contribution in [-0.4, -0.2) is 37.2 Å². The van der Waals surface area contributed by atoms with Crippen molar-refractivity contribution in [2.45, 2.75) is 52.4 Å². The first-order valence-corrected chi connectivity index (χ1v) is 4.75. The zero-order valence-electron chi connectivity index (χ0n) is 9.29. The number of hydrogen-bond donors (Lipinski definition) is 0. The minimum absolute atomic E-state index is 0.342. The lowest BCUT2D eigenvalue weighted by atomic mass is 10.1. The molecule has 0 spiro atoms. The summed E-state index contributed by atoms with van der Waals surface area (Å²) in [6, 6.07) is 0.596. The van der Waals surface area contributed by atoms with Gasteiger partial charge < -0.3 is 9.64 Å². The largest absolute Gasteiger partial charge is 0.376 e. The Morgan fingerprint density at radius 3 is 1.92 bits per heavy atom. The van der Waals surface area contributed by atoms with Crippen molar-refractivity contribution in [1.82, 2.24) is 4.90 Å². The molecule has 0 aromatic heterocycles. The first kappa shape index (κ1) is 11.9. The lowest BCUT2D eigenvalue weighted by Gasteiger charge is -2.24. The van der Waals surface area contributed by atoms with Crippen molar-refractivity contribution in [2.75, 3.05) is 14.1 Å². The van der Waals surface area contributed by atoms with E-state index in [9.17, 15) is 0 Å². The fraction of sp³-hybridized carbons (Fsp3) is 1.00. The van der Waals surface area contributed by atoms with Crippen LogP contribution in [0.5, 0.6) is 0 Å². The zero-order chi connectivity index (χ0) is 9.72. The van der Waals surface area contributed by atoms with Crippen LogP contribution in [0.25, 0.3) is 0 Å². The number of nitrogens with zero attached hydrogens (tertiary/aromatic N) is 1. The first-order chi connectivity index (χ1) is 5.43. The van der Waals surface area contributed by atoms with E-state index in [0.29, 0.717) is 18.2 Å². The second-order valence-electron chi connectivity index (χ2n) is 4.04. The van der Waals surface area contributed by atoms with Gasteiger partial charge in [0.05, 0.1) is 12.2 Å². The van der Waals surface area contributed by atoms with Crippen LogP contribution in [0.4, 0.5) is 0 Å². The molecule has 0 fully saturated rings. The summed E-state index contributed by atoms with van der Waals surface area (Å²) in [6.07, 6.45) is 1.81. The van der Waals surface area contributed by atoms with Crippen molar-refractivity contribution in [1.29, 1.82) is 0 Å². The SMILES string of the molecule is CC(C)O[C@@H](C)C[C@H](C)N(C)C. The van der Waals surface area contributed by atoms with Gasteiger partial charge in [-0.3, -0.25) is 0 Å². The van der Waals surface area contributed by atoms with E-state index in [2.05, 4.69) is 46.7 Å². The topological polar surface area (TPSA) is 12.5 Å². The van der Waals surface area contributed by atoms with Crippen LogP contribution in [0.1, 0.15) is 34.1 Å². The third-order valence-corrected chi connectivity index (χ3v) is 2.06. The summed E-state index contributed by atoms with van der Waals surface area (Å²) < 4.78 is 5.64. The summed E-state index contributed by atoms with van der Waals surface area (Å²) in [6.45, 7) is 8.52. The van der Waals surface area contributed by atoms with E-state index in [-0.39, 0.29) is 0 Å². The van der Waals surface area contributed by atoms with E-state index in [1.54, 1.807) is 0 Å². The molecule has 74 valence electrons. The highest BCUT2D eigenvalue weighted by atomic mass is 16.5. The molecule has 0 aliphatic carbocycles. The fourth-order valence-corrected chi connectivity index (χ4v) is 1.21. The Labute approximate surface area is 76.9 Å². The highest BCUT2D eigenvalue weighted by Crippen LogP contribution is 2.07. The average Bonchev–Trinajstić information content (AvgIpc) is 1.84. The van der Waals surface area contributed by atoms with Crippen LogP contribution in [0.3, 0.4) is 0 Å². The van der Waals surface area contributed by atoms with Crippen molar-refractivity contribution in [3.8, 4) is 0 Å². The Morgan fingerprint density at radius 2 is 1.58 bits per heavy atom. The molecule has 0 bridgehead atoms. The van der Waals surface area contributed by atoms with E-state index in [1.807, 2.05) is 0 Å². The summed E-state index contributed by atoms with van der Waals surface area (Å²) in [5.74, 6) is 0. The predicted octanol–water partition coefficient (Wildman–Crippen LogP) is 2.14. The van der Waals surface area contributed by atoms with Crippen molar-refractivity contribution in [3.05, 3.63) is 0 Å². The standard InChI is InChI=1S/C10H23NO/c1-8(2)12-10(4)7-9(3)11(5)6/h8-10H,7H2,1-6H3/t9-,10-/m0/s1. The molecule has 0 saturated carbocycles. The first-order valence-electron chi connectivity index (χ1n) is 4.75. The maximum absolute atomic E-state index is 5.64. The van der Waals surface area contributed by atoms with Crippen molar-refractivity contribution in [3.63, 3.8) is 0 Å². The molecule has 2 heteroatoms. The molecule has 0 N–H and O–H groups in total. The Balaban J connectivity index is 3.61. The molecule has 0 rings (SSSR count). The van der Waals surface area contributed by atoms with E-state index in [4.69, 9.17) is 4.74 Å². The van der Waals surface area contributed by atoms with Crippen molar-refractivity contribution in [2.24, 2.45) is 0 Å². The summed E-state index contributed by atoms with van der Waals surface area (Å²) in [4.78, 5) is 2.22. The number of ether oxygens (including phenoxy) is 1. The van der Waals surface area contributed by atoms with E-state index in [1.165, 1.54) is 0 Å². The summed E-state index contributed by atoms with van der Waals surface area (Å²) in [7, 11) is 4.21. The van der Waals surface area contributed by atoms with Gasteiger partial charge in [-0.15, -0.1) is 0 Å². The third kappa shape index (κ3) is 5.56. The van der Waals surface area contributed by atoms with Crippen molar-refractivity contribution < 1.29 is 4.74 Å². The van der Waals surface area contributed by atoms with Crippen LogP contribution >= 0.6 is 0 Å². The van der Waals surface area contributed by atoms with Gasteiger partial charge in [0.25, 0.3) is 0 Å². The maximum atomic E-state index is 5.64. The molecule has 12 heavy (non-hydrogen) atoms. The molecule has 0 radical (unpaired) electrons. The number of rotatable bonds is 5. The molecule has 0 amide bonds. The molecular formula is C10H23NO. The average molecular weight is 173 g/mol. The molecule has 0 unspecified atom stereocenters. The monoisotopic (exact) mass is 173 g/mol. The van der Waals surface area contributed by atoms with Gasteiger partial charge in [-0.1, -0.05) is 0 Å². The Bertz CT molecular complexity index is 112. The van der Waals surface area contributed by atoms with Crippen LogP contribution < -0.4 is 0 Å². The minimum atomic E-state index is 0.342. The van der Waals surface area contributed by atoms with Gasteiger partial charge in [0.2, 0.25) is 0 Å². The number of hydrogen-bond acceptors (Lipinski definition) is 2. The third-order valence-electron chi connectivity index (χ3n) is 2.06. The molecular weight excluding hydrogens is 150 g/mol. The Kier molecular flexibility index (Phi) is 5.51. The molecule has 2 nitrogen and oxygen atoms in total. The molecule has 0 saturated heterocycles.